The van der Waals surface area contributed by atoms with Crippen molar-refractivity contribution in [3.8, 4) is 61.3 Å². The first-order valence-electron chi connectivity index (χ1n) is 20.4. The summed E-state index contributed by atoms with van der Waals surface area (Å²) in [6.45, 7) is 0. The zero-order valence-corrected chi connectivity index (χ0v) is 32.6. The maximum atomic E-state index is 6.92. The number of nitrogens with zero attached hydrogens (tertiary/aromatic N) is 2. The lowest BCUT2D eigenvalue weighted by atomic mass is 9.94. The minimum atomic E-state index is 0.839. The van der Waals surface area contributed by atoms with Crippen LogP contribution in [0.3, 0.4) is 0 Å². The number of benzene rings is 9. The number of hydrogen-bond donors (Lipinski definition) is 0. The predicted molar refractivity (Wildman–Crippen MR) is 251 cm³/mol. The van der Waals surface area contributed by atoms with Crippen molar-refractivity contribution < 1.29 is 4.42 Å². The van der Waals surface area contributed by atoms with Crippen LogP contribution in [0.15, 0.2) is 223 Å². The van der Waals surface area contributed by atoms with Crippen molar-refractivity contribution in [2.75, 3.05) is 0 Å². The smallest absolute Gasteiger partial charge is 0.137 e. The summed E-state index contributed by atoms with van der Waals surface area (Å²) in [4.78, 5) is 4.99. The number of hydrogen-bond acceptors (Lipinski definition) is 2. The zero-order chi connectivity index (χ0) is 39.6. The lowest BCUT2D eigenvalue weighted by Crippen LogP contribution is -1.93. The van der Waals surface area contributed by atoms with E-state index in [0.717, 1.165) is 71.8 Å². The van der Waals surface area contributed by atoms with Gasteiger partial charge in [-0.25, -0.2) is 0 Å². The van der Waals surface area contributed by atoms with Crippen LogP contribution in [0, 0.1) is 0 Å². The Kier molecular flexibility index (Phi) is 7.85. The summed E-state index contributed by atoms with van der Waals surface area (Å²) in [7, 11) is 0. The van der Waals surface area contributed by atoms with Gasteiger partial charge in [0, 0.05) is 50.4 Å². The zero-order valence-electron chi connectivity index (χ0n) is 32.6. The van der Waals surface area contributed by atoms with Crippen LogP contribution in [0.25, 0.3) is 116 Å². The summed E-state index contributed by atoms with van der Waals surface area (Å²) in [5.74, 6) is 0. The molecule has 0 atom stereocenters. The molecular weight excluding hydrogens is 729 g/mol. The van der Waals surface area contributed by atoms with E-state index in [1.165, 1.54) is 44.2 Å². The quantitative estimate of drug-likeness (QED) is 0.169. The van der Waals surface area contributed by atoms with Crippen LogP contribution in [-0.4, -0.2) is 9.55 Å². The van der Waals surface area contributed by atoms with Crippen LogP contribution < -0.4 is 0 Å². The first-order chi connectivity index (χ1) is 29.7. The van der Waals surface area contributed by atoms with Crippen LogP contribution in [0.4, 0.5) is 0 Å². The molecule has 0 bridgehead atoms. The molecule has 0 N–H and O–H groups in total. The third-order valence-electron chi connectivity index (χ3n) is 12.0. The average molecular weight is 765 g/mol. The second-order valence-electron chi connectivity index (χ2n) is 15.6. The minimum Gasteiger partial charge on any atom is -0.456 e. The molecule has 9 aromatic carbocycles. The second kappa shape index (κ2) is 13.8. The van der Waals surface area contributed by atoms with E-state index < -0.39 is 0 Å². The van der Waals surface area contributed by atoms with Gasteiger partial charge in [0.05, 0.1) is 16.6 Å². The Morgan fingerprint density at radius 2 is 0.867 bits per heavy atom. The first-order valence-corrected chi connectivity index (χ1v) is 20.4. The van der Waals surface area contributed by atoms with E-state index in [1.807, 2.05) is 6.20 Å². The SMILES string of the molecule is c1ccc(-c2ccc3ncc(-c4cc(-c5ccccc5)cc5oc6cc(-n7c8ccc(-c9ccccc9)cc8c8cc(-c9ccccc9)ccc87)ccc6c45)cc3c2)cc1. The van der Waals surface area contributed by atoms with Gasteiger partial charge in [-0.15, -0.1) is 0 Å². The van der Waals surface area contributed by atoms with Gasteiger partial charge in [-0.3, -0.25) is 4.98 Å². The fourth-order valence-corrected chi connectivity index (χ4v) is 9.07. The monoisotopic (exact) mass is 764 g/mol. The van der Waals surface area contributed by atoms with Crippen LogP contribution in [0.1, 0.15) is 0 Å². The van der Waals surface area contributed by atoms with E-state index in [9.17, 15) is 0 Å². The van der Waals surface area contributed by atoms with Crippen LogP contribution in [-0.2, 0) is 0 Å². The molecule has 0 aliphatic carbocycles. The third kappa shape index (κ3) is 5.71. The molecule has 0 aliphatic rings. The molecule has 0 unspecified atom stereocenters. The molecule has 0 fully saturated rings. The Labute approximate surface area is 347 Å². The third-order valence-corrected chi connectivity index (χ3v) is 12.0. The number of rotatable bonds is 6. The van der Waals surface area contributed by atoms with Crippen molar-refractivity contribution in [1.29, 1.82) is 0 Å². The van der Waals surface area contributed by atoms with Crippen molar-refractivity contribution >= 4 is 54.6 Å². The van der Waals surface area contributed by atoms with E-state index in [2.05, 4.69) is 217 Å². The molecule has 0 radical (unpaired) electrons. The molecule has 3 nitrogen and oxygen atoms in total. The van der Waals surface area contributed by atoms with Crippen molar-refractivity contribution in [2.24, 2.45) is 0 Å². The van der Waals surface area contributed by atoms with Gasteiger partial charge in [0.15, 0.2) is 0 Å². The molecule has 280 valence electrons. The standard InChI is InChI=1S/C57H36N2O/c1-5-13-37(14-6-1)41-21-26-52-45(29-41)30-46(36-58-52)49-33-44(40-19-11-4-12-20-40)34-56-57(49)48-25-24-47(35-55(48)60-56)59-53-27-22-42(38-15-7-2-8-16-38)31-50(53)51-32-43(23-28-54(51)59)39-17-9-3-10-18-39/h1-36H. The summed E-state index contributed by atoms with van der Waals surface area (Å²) in [5.41, 5.74) is 17.5. The summed E-state index contributed by atoms with van der Waals surface area (Å²) in [6.07, 6.45) is 2.01. The van der Waals surface area contributed by atoms with E-state index in [1.54, 1.807) is 0 Å². The van der Waals surface area contributed by atoms with E-state index in [-0.39, 0.29) is 0 Å². The van der Waals surface area contributed by atoms with Crippen molar-refractivity contribution in [3.63, 3.8) is 0 Å². The Morgan fingerprint density at radius 1 is 0.350 bits per heavy atom. The molecule has 0 amide bonds. The molecule has 3 heterocycles. The van der Waals surface area contributed by atoms with Crippen LogP contribution in [0.2, 0.25) is 0 Å². The van der Waals surface area contributed by atoms with Crippen molar-refractivity contribution in [2.45, 2.75) is 0 Å². The maximum Gasteiger partial charge on any atom is 0.137 e. The highest BCUT2D eigenvalue weighted by molar-refractivity contribution is 6.15. The maximum absolute atomic E-state index is 6.92. The summed E-state index contributed by atoms with van der Waals surface area (Å²) in [5, 5.41) is 5.67. The van der Waals surface area contributed by atoms with Gasteiger partial charge in [0.25, 0.3) is 0 Å². The van der Waals surface area contributed by atoms with Gasteiger partial charge in [-0.05, 0) is 117 Å². The molecule has 0 saturated heterocycles. The Hall–Kier alpha value is -8.01. The number of fused-ring (bicyclic) bond motifs is 7. The summed E-state index contributed by atoms with van der Waals surface area (Å²) in [6, 6.07) is 76.0. The summed E-state index contributed by atoms with van der Waals surface area (Å²) < 4.78 is 9.31. The van der Waals surface area contributed by atoms with Crippen LogP contribution >= 0.6 is 0 Å². The van der Waals surface area contributed by atoms with Crippen molar-refractivity contribution in [3.05, 3.63) is 219 Å². The molecular formula is C57H36N2O. The van der Waals surface area contributed by atoms with Gasteiger partial charge >= 0.3 is 0 Å². The molecule has 0 aliphatic heterocycles. The van der Waals surface area contributed by atoms with Gasteiger partial charge in [-0.2, -0.15) is 0 Å². The normalized spacial score (nSPS) is 11.7. The van der Waals surface area contributed by atoms with Gasteiger partial charge in [0.2, 0.25) is 0 Å². The molecule has 0 saturated carbocycles. The molecule has 60 heavy (non-hydrogen) atoms. The van der Waals surface area contributed by atoms with Gasteiger partial charge in [-0.1, -0.05) is 140 Å². The number of aromatic nitrogens is 2. The van der Waals surface area contributed by atoms with E-state index >= 15 is 0 Å². The summed E-state index contributed by atoms with van der Waals surface area (Å²) >= 11 is 0. The highest BCUT2D eigenvalue weighted by Crippen LogP contribution is 2.43. The topological polar surface area (TPSA) is 31.0 Å². The fraction of sp³-hybridized carbons (Fsp3) is 0. The highest BCUT2D eigenvalue weighted by atomic mass is 16.3. The lowest BCUT2D eigenvalue weighted by Gasteiger charge is -2.11. The molecule has 3 heteroatoms. The average Bonchev–Trinajstić information content (AvgIpc) is 3.86. The van der Waals surface area contributed by atoms with E-state index in [0.29, 0.717) is 0 Å². The number of furan rings is 1. The highest BCUT2D eigenvalue weighted by Gasteiger charge is 2.20. The minimum absolute atomic E-state index is 0.839. The Bertz CT molecular complexity index is 3470. The number of pyridine rings is 1. The predicted octanol–water partition coefficient (Wildman–Crippen LogP) is 15.6. The molecule has 3 aromatic heterocycles. The van der Waals surface area contributed by atoms with Crippen molar-refractivity contribution in [1.82, 2.24) is 9.55 Å². The molecule has 0 spiro atoms. The second-order valence-corrected chi connectivity index (χ2v) is 15.6. The first kappa shape index (κ1) is 34.1. The largest absolute Gasteiger partial charge is 0.456 e. The lowest BCUT2D eigenvalue weighted by molar-refractivity contribution is 0.669. The Balaban J connectivity index is 1.06. The van der Waals surface area contributed by atoms with E-state index in [4.69, 9.17) is 9.40 Å². The van der Waals surface area contributed by atoms with Gasteiger partial charge < -0.3 is 8.98 Å². The Morgan fingerprint density at radius 3 is 1.45 bits per heavy atom. The van der Waals surface area contributed by atoms with Crippen LogP contribution in [0.5, 0.6) is 0 Å². The fourth-order valence-electron chi connectivity index (χ4n) is 9.07. The molecule has 12 aromatic rings. The van der Waals surface area contributed by atoms with Gasteiger partial charge in [0.1, 0.15) is 11.2 Å². The molecule has 12 rings (SSSR count).